The second-order valence-electron chi connectivity index (χ2n) is 3.54. The summed E-state index contributed by atoms with van der Waals surface area (Å²) in [6.07, 6.45) is 0.678. The molecule has 0 aliphatic rings. The van der Waals surface area contributed by atoms with Crippen LogP contribution in [0.3, 0.4) is 0 Å². The van der Waals surface area contributed by atoms with Crippen molar-refractivity contribution in [1.82, 2.24) is 0 Å². The highest BCUT2D eigenvalue weighted by atomic mass is 79.9. The van der Waals surface area contributed by atoms with Gasteiger partial charge in [0, 0.05) is 4.47 Å². The van der Waals surface area contributed by atoms with E-state index < -0.39 is 0 Å². The molecule has 3 nitrogen and oxygen atoms in total. The number of furan rings is 1. The molecule has 1 heterocycles. The van der Waals surface area contributed by atoms with Crippen LogP contribution in [0.2, 0.25) is 0 Å². The summed E-state index contributed by atoms with van der Waals surface area (Å²) in [6, 6.07) is 11.3. The Hall–Kier alpha value is -1.39. The molecule has 2 aromatic rings. The van der Waals surface area contributed by atoms with E-state index in [0.29, 0.717) is 31.0 Å². The van der Waals surface area contributed by atoms with Gasteiger partial charge >= 0.3 is 0 Å². The zero-order valence-electron chi connectivity index (χ0n) is 9.06. The molecule has 0 saturated heterocycles. The molecule has 1 aromatic carbocycles. The van der Waals surface area contributed by atoms with E-state index in [0.717, 1.165) is 10.0 Å². The molecule has 0 N–H and O–H groups in total. The lowest BCUT2D eigenvalue weighted by Crippen LogP contribution is -1.92. The molecule has 0 fully saturated rings. The van der Waals surface area contributed by atoms with E-state index in [-0.39, 0.29) is 0 Å². The van der Waals surface area contributed by atoms with E-state index in [1.165, 1.54) is 0 Å². The van der Waals surface area contributed by atoms with E-state index in [1.54, 1.807) is 12.1 Å². The molecule has 0 spiro atoms. The van der Waals surface area contributed by atoms with Gasteiger partial charge in [0.15, 0.2) is 12.0 Å². The fourth-order valence-electron chi connectivity index (χ4n) is 1.43. The second kappa shape index (κ2) is 5.80. The van der Waals surface area contributed by atoms with Crippen molar-refractivity contribution in [3.8, 4) is 0 Å². The zero-order chi connectivity index (χ0) is 12.1. The van der Waals surface area contributed by atoms with E-state index in [4.69, 9.17) is 9.15 Å². The number of hydrogen-bond acceptors (Lipinski definition) is 3. The maximum absolute atomic E-state index is 10.4. The van der Waals surface area contributed by atoms with Crippen LogP contribution >= 0.6 is 15.9 Å². The van der Waals surface area contributed by atoms with Gasteiger partial charge in [0.1, 0.15) is 12.4 Å². The Morgan fingerprint density at radius 3 is 2.82 bits per heavy atom. The van der Waals surface area contributed by atoms with Crippen molar-refractivity contribution in [2.24, 2.45) is 0 Å². The zero-order valence-corrected chi connectivity index (χ0v) is 10.6. The van der Waals surface area contributed by atoms with Gasteiger partial charge in [-0.2, -0.15) is 0 Å². The van der Waals surface area contributed by atoms with Gasteiger partial charge in [-0.1, -0.05) is 28.1 Å². The summed E-state index contributed by atoms with van der Waals surface area (Å²) >= 11 is 3.40. The van der Waals surface area contributed by atoms with Crippen molar-refractivity contribution < 1.29 is 13.9 Å². The molecule has 0 aliphatic heterocycles. The molecule has 0 radical (unpaired) electrons. The molecular formula is C13H11BrO3. The molecule has 0 bridgehead atoms. The Morgan fingerprint density at radius 1 is 1.24 bits per heavy atom. The highest BCUT2D eigenvalue weighted by Crippen LogP contribution is 2.13. The number of carbonyl (C=O) groups is 1. The molecule has 0 unspecified atom stereocenters. The fourth-order valence-corrected chi connectivity index (χ4v) is 1.88. The van der Waals surface area contributed by atoms with Gasteiger partial charge in [-0.25, -0.2) is 0 Å². The Morgan fingerprint density at radius 2 is 2.12 bits per heavy atom. The van der Waals surface area contributed by atoms with Gasteiger partial charge in [0.2, 0.25) is 0 Å². The smallest absolute Gasteiger partial charge is 0.185 e. The quantitative estimate of drug-likeness (QED) is 0.792. The third kappa shape index (κ3) is 3.54. The lowest BCUT2D eigenvalue weighted by atomic mass is 10.2. The lowest BCUT2D eigenvalue weighted by Gasteiger charge is -2.02. The molecule has 88 valence electrons. The van der Waals surface area contributed by atoms with Crippen molar-refractivity contribution in [2.75, 3.05) is 0 Å². The molecule has 0 saturated carbocycles. The van der Waals surface area contributed by atoms with Crippen molar-refractivity contribution in [3.05, 3.63) is 58.0 Å². The molecule has 17 heavy (non-hydrogen) atoms. The van der Waals surface area contributed by atoms with Crippen LogP contribution < -0.4 is 0 Å². The second-order valence-corrected chi connectivity index (χ2v) is 4.46. The minimum atomic E-state index is 0.325. The van der Waals surface area contributed by atoms with E-state index >= 15 is 0 Å². The van der Waals surface area contributed by atoms with Gasteiger partial charge in [0.05, 0.1) is 6.61 Å². The van der Waals surface area contributed by atoms with Gasteiger partial charge < -0.3 is 9.15 Å². The molecule has 4 heteroatoms. The topological polar surface area (TPSA) is 39.4 Å². The molecule has 0 atom stereocenters. The van der Waals surface area contributed by atoms with Gasteiger partial charge in [-0.15, -0.1) is 0 Å². The summed E-state index contributed by atoms with van der Waals surface area (Å²) in [5, 5.41) is 0. The Labute approximate surface area is 108 Å². The molecule has 1 aromatic heterocycles. The minimum absolute atomic E-state index is 0.325. The molecule has 0 amide bonds. The summed E-state index contributed by atoms with van der Waals surface area (Å²) in [6.45, 7) is 0.872. The van der Waals surface area contributed by atoms with E-state index in [9.17, 15) is 4.79 Å². The normalized spacial score (nSPS) is 10.4. The van der Waals surface area contributed by atoms with Crippen molar-refractivity contribution in [2.45, 2.75) is 13.2 Å². The first-order chi connectivity index (χ1) is 8.28. The minimum Gasteiger partial charge on any atom is -0.456 e. The summed E-state index contributed by atoms with van der Waals surface area (Å²) in [4.78, 5) is 10.4. The van der Waals surface area contributed by atoms with Crippen molar-refractivity contribution >= 4 is 22.2 Å². The fraction of sp³-hybridized carbons (Fsp3) is 0.154. The van der Waals surface area contributed by atoms with Crippen LogP contribution in [0.4, 0.5) is 0 Å². The van der Waals surface area contributed by atoms with Crippen LogP contribution in [0.25, 0.3) is 0 Å². The first-order valence-electron chi connectivity index (χ1n) is 5.14. The van der Waals surface area contributed by atoms with Crippen LogP contribution in [0, 0.1) is 0 Å². The number of halogens is 1. The number of aldehydes is 1. The number of hydrogen-bond donors (Lipinski definition) is 0. The highest BCUT2D eigenvalue weighted by molar-refractivity contribution is 9.10. The number of benzene rings is 1. The van der Waals surface area contributed by atoms with Crippen LogP contribution in [0.1, 0.15) is 21.9 Å². The highest BCUT2D eigenvalue weighted by Gasteiger charge is 2.01. The third-order valence-electron chi connectivity index (χ3n) is 2.20. The van der Waals surface area contributed by atoms with Crippen LogP contribution in [0.15, 0.2) is 45.3 Å². The summed E-state index contributed by atoms with van der Waals surface area (Å²) < 4.78 is 11.7. The third-order valence-corrected chi connectivity index (χ3v) is 2.69. The predicted molar refractivity (Wildman–Crippen MR) is 66.7 cm³/mol. The number of carbonyl (C=O) groups excluding carboxylic acids is 1. The largest absolute Gasteiger partial charge is 0.456 e. The number of rotatable bonds is 5. The molecule has 2 rings (SSSR count). The van der Waals surface area contributed by atoms with Gasteiger partial charge in [-0.3, -0.25) is 4.79 Å². The SMILES string of the molecule is O=Cc1ccc(COCc2cccc(Br)c2)o1. The number of ether oxygens (including phenoxy) is 1. The van der Waals surface area contributed by atoms with E-state index in [2.05, 4.69) is 15.9 Å². The molecular weight excluding hydrogens is 284 g/mol. The van der Waals surface area contributed by atoms with Crippen LogP contribution in [-0.2, 0) is 18.0 Å². The Kier molecular flexibility index (Phi) is 4.12. The van der Waals surface area contributed by atoms with Gasteiger partial charge in [-0.05, 0) is 29.8 Å². The average molecular weight is 295 g/mol. The Balaban J connectivity index is 1.85. The van der Waals surface area contributed by atoms with Crippen molar-refractivity contribution in [1.29, 1.82) is 0 Å². The van der Waals surface area contributed by atoms with Crippen LogP contribution in [-0.4, -0.2) is 6.29 Å². The van der Waals surface area contributed by atoms with E-state index in [1.807, 2.05) is 24.3 Å². The Bertz CT molecular complexity index is 505. The standard InChI is InChI=1S/C13H11BrO3/c14-11-3-1-2-10(6-11)8-16-9-13-5-4-12(7-15)17-13/h1-7H,8-9H2. The maximum atomic E-state index is 10.4. The maximum Gasteiger partial charge on any atom is 0.185 e. The summed E-state index contributed by atoms with van der Waals surface area (Å²) in [5.74, 6) is 0.980. The first-order valence-corrected chi connectivity index (χ1v) is 5.93. The average Bonchev–Trinajstić information content (AvgIpc) is 2.77. The summed E-state index contributed by atoms with van der Waals surface area (Å²) in [7, 11) is 0. The monoisotopic (exact) mass is 294 g/mol. The van der Waals surface area contributed by atoms with Crippen LogP contribution in [0.5, 0.6) is 0 Å². The predicted octanol–water partition coefficient (Wildman–Crippen LogP) is 3.57. The van der Waals surface area contributed by atoms with Gasteiger partial charge in [0.25, 0.3) is 0 Å². The van der Waals surface area contributed by atoms with Crippen molar-refractivity contribution in [3.63, 3.8) is 0 Å². The summed E-state index contributed by atoms with van der Waals surface area (Å²) in [5.41, 5.74) is 1.08. The first kappa shape index (κ1) is 12.1. The lowest BCUT2D eigenvalue weighted by molar-refractivity contribution is 0.0907. The molecule has 0 aliphatic carbocycles.